The number of hydrogen-bond donors (Lipinski definition) is 1. The zero-order valence-corrected chi connectivity index (χ0v) is 12.7. The Morgan fingerprint density at radius 1 is 1.44 bits per heavy atom. The van der Waals surface area contributed by atoms with Crippen molar-refractivity contribution in [2.24, 2.45) is 11.1 Å². The molecule has 5 heteroatoms. The van der Waals surface area contributed by atoms with Crippen molar-refractivity contribution in [1.29, 1.82) is 0 Å². The summed E-state index contributed by atoms with van der Waals surface area (Å²) in [6.07, 6.45) is 1.15. The number of halogens is 3. The fraction of sp³-hybridized carbons (Fsp3) is 0.462. The first-order chi connectivity index (χ1) is 8.43. The maximum atomic E-state index is 14.0. The number of Topliss-reactive ketones (excluding diaryl/α,β-unsaturated/α-hetero) is 1. The van der Waals surface area contributed by atoms with Gasteiger partial charge in [-0.3, -0.25) is 4.79 Å². The Morgan fingerprint density at radius 2 is 2.00 bits per heavy atom. The zero-order chi connectivity index (χ0) is 13.9. The lowest BCUT2D eigenvalue weighted by Crippen LogP contribution is -2.38. The van der Waals surface area contributed by atoms with Crippen LogP contribution >= 0.6 is 27.5 Å². The molecule has 0 aromatic heterocycles. The molecule has 0 saturated carbocycles. The van der Waals surface area contributed by atoms with Gasteiger partial charge in [-0.1, -0.05) is 25.4 Å². The fourth-order valence-electron chi connectivity index (χ4n) is 1.94. The second-order valence-corrected chi connectivity index (χ2v) is 5.48. The van der Waals surface area contributed by atoms with Crippen molar-refractivity contribution in [3.63, 3.8) is 0 Å². The molecule has 0 bridgehead atoms. The van der Waals surface area contributed by atoms with E-state index in [4.69, 9.17) is 17.3 Å². The van der Waals surface area contributed by atoms with Crippen molar-refractivity contribution in [1.82, 2.24) is 0 Å². The highest BCUT2D eigenvalue weighted by atomic mass is 79.9. The fourth-order valence-corrected chi connectivity index (χ4v) is 2.41. The van der Waals surface area contributed by atoms with Crippen molar-refractivity contribution in [2.45, 2.75) is 26.7 Å². The van der Waals surface area contributed by atoms with E-state index >= 15 is 0 Å². The SMILES string of the molecule is CCC(CC)(CN)C(=O)c1ccc(Br)c(Cl)c1F. The van der Waals surface area contributed by atoms with Crippen molar-refractivity contribution in [2.75, 3.05) is 6.54 Å². The Balaban J connectivity index is 3.30. The number of rotatable bonds is 5. The van der Waals surface area contributed by atoms with Gasteiger partial charge in [0.25, 0.3) is 0 Å². The maximum Gasteiger partial charge on any atom is 0.173 e. The molecular weight excluding hydrogens is 321 g/mol. The molecule has 0 aliphatic rings. The van der Waals surface area contributed by atoms with Crippen LogP contribution in [0.3, 0.4) is 0 Å². The summed E-state index contributed by atoms with van der Waals surface area (Å²) in [6, 6.07) is 3.02. The van der Waals surface area contributed by atoms with Crippen LogP contribution in [0.4, 0.5) is 4.39 Å². The number of ketones is 1. The van der Waals surface area contributed by atoms with Crippen LogP contribution < -0.4 is 5.73 Å². The van der Waals surface area contributed by atoms with E-state index in [0.717, 1.165) is 0 Å². The van der Waals surface area contributed by atoms with Gasteiger partial charge < -0.3 is 5.73 Å². The minimum Gasteiger partial charge on any atom is -0.329 e. The van der Waals surface area contributed by atoms with Gasteiger partial charge in [-0.05, 0) is 40.9 Å². The van der Waals surface area contributed by atoms with Gasteiger partial charge in [-0.15, -0.1) is 0 Å². The highest BCUT2D eigenvalue weighted by Crippen LogP contribution is 2.34. The topological polar surface area (TPSA) is 43.1 Å². The highest BCUT2D eigenvalue weighted by Gasteiger charge is 2.35. The molecule has 100 valence electrons. The van der Waals surface area contributed by atoms with Crippen LogP contribution in [0, 0.1) is 11.2 Å². The molecule has 0 radical (unpaired) electrons. The molecule has 18 heavy (non-hydrogen) atoms. The van der Waals surface area contributed by atoms with Gasteiger partial charge in [0.05, 0.1) is 10.6 Å². The normalized spacial score (nSPS) is 11.7. The van der Waals surface area contributed by atoms with Crippen molar-refractivity contribution < 1.29 is 9.18 Å². The Kier molecular flexibility index (Phi) is 5.32. The van der Waals surface area contributed by atoms with Crippen LogP contribution in [0.1, 0.15) is 37.0 Å². The lowest BCUT2D eigenvalue weighted by molar-refractivity contribution is 0.0783. The summed E-state index contributed by atoms with van der Waals surface area (Å²) in [5.74, 6) is -0.960. The summed E-state index contributed by atoms with van der Waals surface area (Å²) in [5, 5.41) is -0.0704. The van der Waals surface area contributed by atoms with E-state index < -0.39 is 11.2 Å². The minimum atomic E-state index is -0.710. The van der Waals surface area contributed by atoms with E-state index in [1.54, 1.807) is 6.07 Å². The van der Waals surface area contributed by atoms with Gasteiger partial charge in [0, 0.05) is 16.4 Å². The summed E-state index contributed by atoms with van der Waals surface area (Å²) in [7, 11) is 0. The van der Waals surface area contributed by atoms with Crippen molar-refractivity contribution in [3.05, 3.63) is 33.0 Å². The molecule has 2 nitrogen and oxygen atoms in total. The van der Waals surface area contributed by atoms with Crippen LogP contribution in [-0.4, -0.2) is 12.3 Å². The molecule has 0 atom stereocenters. The number of benzene rings is 1. The molecule has 0 heterocycles. The van der Waals surface area contributed by atoms with Gasteiger partial charge in [-0.25, -0.2) is 4.39 Å². The van der Waals surface area contributed by atoms with Crippen LogP contribution in [0.15, 0.2) is 16.6 Å². The van der Waals surface area contributed by atoms with E-state index in [9.17, 15) is 9.18 Å². The second-order valence-electron chi connectivity index (χ2n) is 4.24. The first kappa shape index (κ1) is 15.6. The van der Waals surface area contributed by atoms with Crippen molar-refractivity contribution >= 4 is 33.3 Å². The lowest BCUT2D eigenvalue weighted by atomic mass is 9.76. The third kappa shape index (κ3) is 2.60. The maximum absolute atomic E-state index is 14.0. The van der Waals surface area contributed by atoms with E-state index in [0.29, 0.717) is 17.3 Å². The Labute approximate surface area is 120 Å². The van der Waals surface area contributed by atoms with E-state index in [1.165, 1.54) is 6.07 Å². The van der Waals surface area contributed by atoms with Gasteiger partial charge >= 0.3 is 0 Å². The minimum absolute atomic E-state index is 0.0114. The molecule has 0 aliphatic heterocycles. The molecule has 1 aromatic rings. The van der Waals surface area contributed by atoms with Crippen LogP contribution in [0.5, 0.6) is 0 Å². The number of nitrogens with two attached hydrogens (primary N) is 1. The van der Waals surface area contributed by atoms with Crippen LogP contribution in [-0.2, 0) is 0 Å². The largest absolute Gasteiger partial charge is 0.329 e. The second kappa shape index (κ2) is 6.13. The average molecular weight is 337 g/mol. The van der Waals surface area contributed by atoms with Crippen molar-refractivity contribution in [3.8, 4) is 0 Å². The predicted molar refractivity (Wildman–Crippen MR) is 75.5 cm³/mol. The average Bonchev–Trinajstić information content (AvgIpc) is 2.39. The third-order valence-electron chi connectivity index (χ3n) is 3.51. The Morgan fingerprint density at radius 3 is 2.44 bits per heavy atom. The summed E-state index contributed by atoms with van der Waals surface area (Å²) in [4.78, 5) is 12.5. The van der Waals surface area contributed by atoms with E-state index in [1.807, 2.05) is 13.8 Å². The van der Waals surface area contributed by atoms with Gasteiger partial charge in [0.1, 0.15) is 0 Å². The summed E-state index contributed by atoms with van der Waals surface area (Å²) in [6.45, 7) is 3.96. The molecule has 0 unspecified atom stereocenters. The first-order valence-corrected chi connectivity index (χ1v) is 6.99. The quantitative estimate of drug-likeness (QED) is 0.647. The highest BCUT2D eigenvalue weighted by molar-refractivity contribution is 9.10. The molecule has 2 N–H and O–H groups in total. The molecule has 1 rings (SSSR count). The molecule has 0 amide bonds. The summed E-state index contributed by atoms with van der Waals surface area (Å²) < 4.78 is 14.5. The number of hydrogen-bond acceptors (Lipinski definition) is 2. The summed E-state index contributed by atoms with van der Waals surface area (Å²) in [5.41, 5.74) is 5.00. The molecule has 0 saturated heterocycles. The van der Waals surface area contributed by atoms with Gasteiger partial charge in [0.2, 0.25) is 0 Å². The van der Waals surface area contributed by atoms with Gasteiger partial charge in [-0.2, -0.15) is 0 Å². The van der Waals surface area contributed by atoms with E-state index in [-0.39, 0.29) is 22.9 Å². The standard InChI is InChI=1S/C13H16BrClFNO/c1-3-13(4-2,7-17)12(18)8-5-6-9(14)10(15)11(8)16/h5-6H,3-4,7,17H2,1-2H3. The first-order valence-electron chi connectivity index (χ1n) is 5.81. The van der Waals surface area contributed by atoms with Crippen LogP contribution in [0.25, 0.3) is 0 Å². The lowest BCUT2D eigenvalue weighted by Gasteiger charge is -2.28. The third-order valence-corrected chi connectivity index (χ3v) is 4.76. The Hall–Kier alpha value is -0.450. The Bertz CT molecular complexity index is 452. The predicted octanol–water partition coefficient (Wildman–Crippen LogP) is 4.19. The molecule has 0 spiro atoms. The molecule has 0 fully saturated rings. The molecule has 1 aromatic carbocycles. The number of carbonyl (C=O) groups is 1. The zero-order valence-electron chi connectivity index (χ0n) is 10.4. The smallest absolute Gasteiger partial charge is 0.173 e. The molecular formula is C13H16BrClFNO. The van der Waals surface area contributed by atoms with E-state index in [2.05, 4.69) is 15.9 Å². The van der Waals surface area contributed by atoms with Crippen LogP contribution in [0.2, 0.25) is 5.02 Å². The molecule has 0 aliphatic carbocycles. The van der Waals surface area contributed by atoms with Gasteiger partial charge in [0.15, 0.2) is 11.6 Å². The monoisotopic (exact) mass is 335 g/mol. The summed E-state index contributed by atoms with van der Waals surface area (Å²) >= 11 is 8.92. The number of carbonyl (C=O) groups excluding carboxylic acids is 1.